The quantitative estimate of drug-likeness (QED) is 0.437. The Morgan fingerprint density at radius 1 is 0.974 bits per heavy atom. The number of nitrogens with one attached hydrogen (secondary N) is 1. The lowest BCUT2D eigenvalue weighted by Gasteiger charge is -2.35. The summed E-state index contributed by atoms with van der Waals surface area (Å²) >= 11 is 0. The summed E-state index contributed by atoms with van der Waals surface area (Å²) in [6, 6.07) is 22.4. The number of ketones is 1. The van der Waals surface area contributed by atoms with Crippen molar-refractivity contribution >= 4 is 29.0 Å². The van der Waals surface area contributed by atoms with Crippen molar-refractivity contribution in [1.29, 1.82) is 0 Å². The number of carbonyl (C=O) groups is 3. The minimum Gasteiger partial charge on any atom is -0.497 e. The third-order valence-electron chi connectivity index (χ3n) is 7.26. The highest BCUT2D eigenvalue weighted by Crippen LogP contribution is 2.48. The number of allylic oxidation sites excluding steroid dienone is 1. The molecule has 1 aliphatic carbocycles. The molecule has 2 aliphatic rings. The van der Waals surface area contributed by atoms with Crippen molar-refractivity contribution in [3.05, 3.63) is 101 Å². The van der Waals surface area contributed by atoms with Crippen LogP contribution in [0, 0.1) is 6.92 Å². The fourth-order valence-electron chi connectivity index (χ4n) is 5.42. The number of aliphatic carboxylic acids is 1. The van der Waals surface area contributed by atoms with Gasteiger partial charge in [-0.05, 0) is 60.2 Å². The Labute approximate surface area is 221 Å². The first kappa shape index (κ1) is 25.3. The Kier molecular flexibility index (Phi) is 7.01. The van der Waals surface area contributed by atoms with Gasteiger partial charge in [0.05, 0.1) is 30.9 Å². The van der Waals surface area contributed by atoms with Crippen molar-refractivity contribution < 1.29 is 24.2 Å². The number of amides is 1. The molecule has 38 heavy (non-hydrogen) atoms. The van der Waals surface area contributed by atoms with Crippen LogP contribution in [0.3, 0.4) is 0 Å². The summed E-state index contributed by atoms with van der Waals surface area (Å²) in [6.45, 7) is 1.94. The van der Waals surface area contributed by atoms with Gasteiger partial charge in [-0.2, -0.15) is 0 Å². The number of carboxylic acid groups (broad SMARTS) is 1. The molecule has 3 aromatic carbocycles. The number of aryl methyl sites for hydroxylation is 1. The molecule has 0 bridgehead atoms. The minimum absolute atomic E-state index is 0.00891. The van der Waals surface area contributed by atoms with Crippen LogP contribution in [0.15, 0.2) is 84.1 Å². The molecule has 2 N–H and O–H groups in total. The standard InChI is InChI=1S/C31H30N2O5/c1-19-8-13-24-26(16-19)33(28(35)14-15-29(36)37)31(21-9-11-23(38-2)12-10-21)30-25(32-24)17-22(18-27(30)34)20-6-4-3-5-7-20/h3-13,16,22,31-32H,14-15,17-18H2,1-2H3,(H,36,37)/t22-,31-/m0/s1. The SMILES string of the molecule is COc1ccc([C@H]2C3=C(C[C@H](c4ccccc4)CC3=O)Nc3ccc(C)cc3N2C(=O)CCC(=O)O)cc1. The maximum Gasteiger partial charge on any atom is 0.303 e. The number of hydrogen-bond acceptors (Lipinski definition) is 5. The zero-order chi connectivity index (χ0) is 26.8. The third-order valence-corrected chi connectivity index (χ3v) is 7.26. The monoisotopic (exact) mass is 510 g/mol. The molecule has 0 saturated carbocycles. The molecule has 3 aromatic rings. The molecule has 7 nitrogen and oxygen atoms in total. The van der Waals surface area contributed by atoms with Gasteiger partial charge in [0, 0.05) is 24.1 Å². The highest BCUT2D eigenvalue weighted by molar-refractivity contribution is 6.06. The van der Waals surface area contributed by atoms with Gasteiger partial charge in [0.1, 0.15) is 5.75 Å². The van der Waals surface area contributed by atoms with E-state index in [4.69, 9.17) is 4.74 Å². The van der Waals surface area contributed by atoms with Crippen LogP contribution in [0.4, 0.5) is 11.4 Å². The van der Waals surface area contributed by atoms with Crippen LogP contribution in [0.1, 0.15) is 54.3 Å². The summed E-state index contributed by atoms with van der Waals surface area (Å²) in [7, 11) is 1.58. The maximum absolute atomic E-state index is 14.0. The Morgan fingerprint density at radius 3 is 2.39 bits per heavy atom. The molecule has 1 aliphatic heterocycles. The molecule has 1 heterocycles. The number of anilines is 2. The Bertz CT molecular complexity index is 1410. The van der Waals surface area contributed by atoms with E-state index in [1.54, 1.807) is 12.0 Å². The number of rotatable bonds is 6. The first-order valence-corrected chi connectivity index (χ1v) is 12.7. The minimum atomic E-state index is -1.05. The molecule has 0 unspecified atom stereocenters. The molecule has 0 spiro atoms. The molecule has 7 heteroatoms. The second kappa shape index (κ2) is 10.5. The topological polar surface area (TPSA) is 95.9 Å². The van der Waals surface area contributed by atoms with Gasteiger partial charge in [-0.25, -0.2) is 0 Å². The summed E-state index contributed by atoms with van der Waals surface area (Å²) < 4.78 is 5.35. The molecule has 0 fully saturated rings. The van der Waals surface area contributed by atoms with Crippen LogP contribution in [0.2, 0.25) is 0 Å². The lowest BCUT2D eigenvalue weighted by molar-refractivity contribution is -0.138. The average Bonchev–Trinajstić information content (AvgIpc) is 3.06. The lowest BCUT2D eigenvalue weighted by Crippen LogP contribution is -2.38. The van der Waals surface area contributed by atoms with E-state index in [9.17, 15) is 19.5 Å². The van der Waals surface area contributed by atoms with Gasteiger partial charge in [0.25, 0.3) is 0 Å². The highest BCUT2D eigenvalue weighted by Gasteiger charge is 2.41. The number of carbonyl (C=O) groups excluding carboxylic acids is 2. The number of hydrogen-bond donors (Lipinski definition) is 2. The van der Waals surface area contributed by atoms with Crippen molar-refractivity contribution in [3.8, 4) is 5.75 Å². The number of methoxy groups -OCH3 is 1. The van der Waals surface area contributed by atoms with Gasteiger partial charge in [-0.1, -0.05) is 48.5 Å². The summed E-state index contributed by atoms with van der Waals surface area (Å²) in [5.41, 5.74) is 5.46. The van der Waals surface area contributed by atoms with Gasteiger partial charge < -0.3 is 15.2 Å². The zero-order valence-corrected chi connectivity index (χ0v) is 21.4. The van der Waals surface area contributed by atoms with Crippen molar-refractivity contribution in [3.63, 3.8) is 0 Å². The van der Waals surface area contributed by atoms with Crippen LogP contribution in [-0.2, 0) is 14.4 Å². The molecular formula is C31H30N2O5. The second-order valence-corrected chi connectivity index (χ2v) is 9.81. The summed E-state index contributed by atoms with van der Waals surface area (Å²) in [6.07, 6.45) is 0.458. The summed E-state index contributed by atoms with van der Waals surface area (Å²) in [5, 5.41) is 12.8. The van der Waals surface area contributed by atoms with E-state index >= 15 is 0 Å². The molecule has 1 amide bonds. The largest absolute Gasteiger partial charge is 0.497 e. The molecule has 5 rings (SSSR count). The second-order valence-electron chi connectivity index (χ2n) is 9.81. The number of carboxylic acids is 1. The van der Waals surface area contributed by atoms with E-state index in [0.29, 0.717) is 35.5 Å². The fraction of sp³-hybridized carbons (Fsp3) is 0.258. The van der Waals surface area contributed by atoms with E-state index in [0.717, 1.165) is 22.4 Å². The molecule has 0 aromatic heterocycles. The van der Waals surface area contributed by atoms with Crippen LogP contribution < -0.4 is 15.0 Å². The normalized spacial score (nSPS) is 18.7. The van der Waals surface area contributed by atoms with Gasteiger partial charge in [0.2, 0.25) is 5.91 Å². The van der Waals surface area contributed by atoms with Crippen LogP contribution in [-0.4, -0.2) is 29.9 Å². The van der Waals surface area contributed by atoms with Gasteiger partial charge >= 0.3 is 5.97 Å². The first-order valence-electron chi connectivity index (χ1n) is 12.7. The summed E-state index contributed by atoms with van der Waals surface area (Å²) in [4.78, 5) is 40.7. The third kappa shape index (κ3) is 4.92. The van der Waals surface area contributed by atoms with E-state index in [2.05, 4.69) is 5.32 Å². The Balaban J connectivity index is 1.70. The number of nitrogens with zero attached hydrogens (tertiary/aromatic N) is 1. The van der Waals surface area contributed by atoms with E-state index < -0.39 is 12.0 Å². The van der Waals surface area contributed by atoms with Crippen molar-refractivity contribution in [1.82, 2.24) is 0 Å². The molecule has 194 valence electrons. The Hall–Kier alpha value is -4.39. The maximum atomic E-state index is 14.0. The molecule has 0 saturated heterocycles. The molecule has 2 atom stereocenters. The smallest absolute Gasteiger partial charge is 0.303 e. The van der Waals surface area contributed by atoms with Crippen molar-refractivity contribution in [2.24, 2.45) is 0 Å². The van der Waals surface area contributed by atoms with Gasteiger partial charge in [-0.15, -0.1) is 0 Å². The van der Waals surface area contributed by atoms with E-state index in [-0.39, 0.29) is 30.4 Å². The number of Topliss-reactive ketones (excluding diaryl/α,β-unsaturated/α-hetero) is 1. The average molecular weight is 511 g/mol. The van der Waals surface area contributed by atoms with E-state index in [1.165, 1.54) is 0 Å². The first-order chi connectivity index (χ1) is 18.4. The van der Waals surface area contributed by atoms with Crippen molar-refractivity contribution in [2.75, 3.05) is 17.3 Å². The predicted molar refractivity (Wildman–Crippen MR) is 145 cm³/mol. The van der Waals surface area contributed by atoms with Gasteiger partial charge in [0.15, 0.2) is 5.78 Å². The highest BCUT2D eigenvalue weighted by atomic mass is 16.5. The van der Waals surface area contributed by atoms with E-state index in [1.807, 2.05) is 79.7 Å². The predicted octanol–water partition coefficient (Wildman–Crippen LogP) is 5.77. The lowest BCUT2D eigenvalue weighted by atomic mass is 9.78. The van der Waals surface area contributed by atoms with Crippen LogP contribution in [0.25, 0.3) is 0 Å². The number of benzene rings is 3. The number of ether oxygens (including phenoxy) is 1. The van der Waals surface area contributed by atoms with Crippen LogP contribution in [0.5, 0.6) is 5.75 Å². The van der Waals surface area contributed by atoms with Crippen LogP contribution >= 0.6 is 0 Å². The molecular weight excluding hydrogens is 480 g/mol. The summed E-state index contributed by atoms with van der Waals surface area (Å²) in [5.74, 6) is -0.762. The molecule has 0 radical (unpaired) electrons. The van der Waals surface area contributed by atoms with Gasteiger partial charge in [-0.3, -0.25) is 19.3 Å². The van der Waals surface area contributed by atoms with Crippen molar-refractivity contribution in [2.45, 2.75) is 44.6 Å². The number of fused-ring (bicyclic) bond motifs is 1. The Morgan fingerprint density at radius 2 is 1.71 bits per heavy atom. The fourth-order valence-corrected chi connectivity index (χ4v) is 5.42. The zero-order valence-electron chi connectivity index (χ0n) is 21.4.